The van der Waals surface area contributed by atoms with E-state index in [-0.39, 0.29) is 24.8 Å². The Balaban J connectivity index is 1.41. The molecule has 7 nitrogen and oxygen atoms in total. The van der Waals surface area contributed by atoms with E-state index in [1.54, 1.807) is 4.68 Å². The molecule has 2 fully saturated rings. The fraction of sp³-hybridized carbons (Fsp3) is 0.524. The molecule has 4 heterocycles. The highest BCUT2D eigenvalue weighted by molar-refractivity contribution is 5.93. The maximum atomic E-state index is 13.3. The minimum atomic E-state index is -0.954. The van der Waals surface area contributed by atoms with Gasteiger partial charge in [-0.1, -0.05) is 13.0 Å². The lowest BCUT2D eigenvalue weighted by Gasteiger charge is -2.44. The van der Waals surface area contributed by atoms with Crippen LogP contribution in [-0.2, 0) is 19.1 Å². The third kappa shape index (κ3) is 2.60. The van der Waals surface area contributed by atoms with Crippen LogP contribution in [0.3, 0.4) is 0 Å². The summed E-state index contributed by atoms with van der Waals surface area (Å²) in [4.78, 5) is 15.2. The van der Waals surface area contributed by atoms with Gasteiger partial charge in [0, 0.05) is 32.0 Å². The molecule has 0 saturated carbocycles. The molecule has 1 N–H and O–H groups in total. The van der Waals surface area contributed by atoms with Crippen LogP contribution in [0.25, 0.3) is 0 Å². The van der Waals surface area contributed by atoms with Crippen LogP contribution in [0.5, 0.6) is 11.5 Å². The molecule has 0 radical (unpaired) electrons. The molecule has 1 aromatic carbocycles. The molecule has 2 saturated heterocycles. The van der Waals surface area contributed by atoms with Crippen molar-refractivity contribution in [3.8, 4) is 11.5 Å². The van der Waals surface area contributed by atoms with Crippen LogP contribution in [0.4, 0.5) is 0 Å². The van der Waals surface area contributed by atoms with Crippen molar-refractivity contribution in [3.63, 3.8) is 0 Å². The van der Waals surface area contributed by atoms with Gasteiger partial charge in [-0.3, -0.25) is 9.48 Å². The lowest BCUT2D eigenvalue weighted by atomic mass is 9.80. The zero-order valence-electron chi connectivity index (χ0n) is 16.2. The molecule has 2 atom stereocenters. The van der Waals surface area contributed by atoms with Crippen LogP contribution in [-0.4, -0.2) is 44.6 Å². The first kappa shape index (κ1) is 17.6. The van der Waals surface area contributed by atoms with Crippen molar-refractivity contribution < 1.29 is 19.4 Å². The Morgan fingerprint density at radius 2 is 1.93 bits per heavy atom. The number of hydrogen-bond acceptors (Lipinski definition) is 5. The van der Waals surface area contributed by atoms with Gasteiger partial charge < -0.3 is 19.5 Å². The Morgan fingerprint density at radius 3 is 2.61 bits per heavy atom. The smallest absolute Gasteiger partial charge is 0.272 e. The Bertz CT molecular complexity index is 924. The molecule has 1 amide bonds. The summed E-state index contributed by atoms with van der Waals surface area (Å²) in [5, 5.41) is 15.9. The van der Waals surface area contributed by atoms with Crippen LogP contribution >= 0.6 is 0 Å². The summed E-state index contributed by atoms with van der Waals surface area (Å²) in [6, 6.07) is 7.60. The van der Waals surface area contributed by atoms with Crippen molar-refractivity contribution in [2.75, 3.05) is 6.79 Å². The topological polar surface area (TPSA) is 76.8 Å². The van der Waals surface area contributed by atoms with E-state index in [0.717, 1.165) is 30.5 Å². The number of benzene rings is 1. The predicted molar refractivity (Wildman–Crippen MR) is 101 cm³/mol. The molecule has 1 aromatic heterocycles. The minimum Gasteiger partial charge on any atom is -0.454 e. The number of hydrogen-bond donors (Lipinski definition) is 1. The highest BCUT2D eigenvalue weighted by Gasteiger charge is 2.50. The monoisotopic (exact) mass is 383 g/mol. The summed E-state index contributed by atoms with van der Waals surface area (Å²) in [6.45, 7) is 2.25. The van der Waals surface area contributed by atoms with Crippen molar-refractivity contribution in [1.29, 1.82) is 0 Å². The van der Waals surface area contributed by atoms with Gasteiger partial charge in [0.25, 0.3) is 5.91 Å². The first-order valence-electron chi connectivity index (χ1n) is 9.96. The molecule has 2 bridgehead atoms. The van der Waals surface area contributed by atoms with Crippen LogP contribution < -0.4 is 9.47 Å². The van der Waals surface area contributed by atoms with Gasteiger partial charge in [0.05, 0.1) is 11.3 Å². The van der Waals surface area contributed by atoms with E-state index in [2.05, 4.69) is 5.10 Å². The number of aromatic nitrogens is 2. The standard InChI is InChI=1S/C21H25N3O4/c1-3-14-9-17(23(2)22-14)20(25)24-15-5-6-16(24)11-21(26,10-15)13-4-7-18-19(8-13)28-12-27-18/h4,7-9,15-16,26H,3,5-6,10-12H2,1-2H3. The first-order chi connectivity index (χ1) is 13.5. The normalized spacial score (nSPS) is 28.0. The molecule has 7 heteroatoms. The number of carbonyl (C=O) groups excluding carboxylic acids is 1. The second kappa shape index (κ2) is 6.24. The second-order valence-corrected chi connectivity index (χ2v) is 8.10. The lowest BCUT2D eigenvalue weighted by molar-refractivity contribution is -0.0482. The van der Waals surface area contributed by atoms with E-state index < -0.39 is 5.60 Å². The number of amides is 1. The van der Waals surface area contributed by atoms with Crippen molar-refractivity contribution >= 4 is 5.91 Å². The largest absolute Gasteiger partial charge is 0.454 e. The molecule has 3 aliphatic heterocycles. The number of aryl methyl sites for hydroxylation is 2. The highest BCUT2D eigenvalue weighted by Crippen LogP contribution is 2.48. The van der Waals surface area contributed by atoms with Gasteiger partial charge in [-0.05, 0) is 43.0 Å². The number of carbonyl (C=O) groups is 1. The molecule has 5 rings (SSSR count). The Kier molecular flexibility index (Phi) is 3.91. The van der Waals surface area contributed by atoms with Gasteiger partial charge in [-0.2, -0.15) is 5.10 Å². The number of rotatable bonds is 3. The van der Waals surface area contributed by atoms with Crippen LogP contribution in [0.15, 0.2) is 24.3 Å². The summed E-state index contributed by atoms with van der Waals surface area (Å²) < 4.78 is 12.5. The van der Waals surface area contributed by atoms with E-state index in [1.165, 1.54) is 0 Å². The number of piperidine rings is 1. The minimum absolute atomic E-state index is 0.0231. The average Bonchev–Trinajstić information content (AvgIpc) is 3.37. The summed E-state index contributed by atoms with van der Waals surface area (Å²) in [5.74, 6) is 1.42. The summed E-state index contributed by atoms with van der Waals surface area (Å²) in [5.41, 5.74) is 1.44. The molecule has 0 aliphatic carbocycles. The molecule has 2 unspecified atom stereocenters. The van der Waals surface area contributed by atoms with Gasteiger partial charge in [-0.25, -0.2) is 0 Å². The summed E-state index contributed by atoms with van der Waals surface area (Å²) >= 11 is 0. The van der Waals surface area contributed by atoms with Gasteiger partial charge in [0.15, 0.2) is 11.5 Å². The number of fused-ring (bicyclic) bond motifs is 3. The maximum absolute atomic E-state index is 13.3. The van der Waals surface area contributed by atoms with E-state index >= 15 is 0 Å². The molecule has 2 aromatic rings. The van der Waals surface area contributed by atoms with Gasteiger partial charge in [0.2, 0.25) is 6.79 Å². The zero-order chi connectivity index (χ0) is 19.5. The lowest BCUT2D eigenvalue weighted by Crippen LogP contribution is -2.52. The Labute approximate surface area is 163 Å². The number of aliphatic hydroxyl groups is 1. The quantitative estimate of drug-likeness (QED) is 0.881. The van der Waals surface area contributed by atoms with Crippen molar-refractivity contribution in [1.82, 2.24) is 14.7 Å². The fourth-order valence-electron chi connectivity index (χ4n) is 5.01. The van der Waals surface area contributed by atoms with Crippen molar-refractivity contribution in [2.24, 2.45) is 7.05 Å². The highest BCUT2D eigenvalue weighted by atomic mass is 16.7. The van der Waals surface area contributed by atoms with E-state index in [9.17, 15) is 9.90 Å². The number of nitrogens with zero attached hydrogens (tertiary/aromatic N) is 3. The molecule has 28 heavy (non-hydrogen) atoms. The van der Waals surface area contributed by atoms with Gasteiger partial charge in [0.1, 0.15) is 5.69 Å². The molecule has 148 valence electrons. The fourth-order valence-corrected chi connectivity index (χ4v) is 5.01. The predicted octanol–water partition coefficient (Wildman–Crippen LogP) is 2.37. The van der Waals surface area contributed by atoms with Crippen LogP contribution in [0.1, 0.15) is 54.4 Å². The van der Waals surface area contributed by atoms with Crippen molar-refractivity contribution in [2.45, 2.75) is 56.7 Å². The number of ether oxygens (including phenoxy) is 2. The van der Waals surface area contributed by atoms with Crippen molar-refractivity contribution in [3.05, 3.63) is 41.2 Å². The third-order valence-corrected chi connectivity index (χ3v) is 6.42. The Morgan fingerprint density at radius 1 is 1.21 bits per heavy atom. The average molecular weight is 383 g/mol. The van der Waals surface area contributed by atoms with Gasteiger partial charge in [-0.15, -0.1) is 0 Å². The molecular weight excluding hydrogens is 358 g/mol. The Hall–Kier alpha value is -2.54. The van der Waals surface area contributed by atoms with E-state index in [0.29, 0.717) is 30.0 Å². The van der Waals surface area contributed by atoms with Crippen LogP contribution in [0.2, 0.25) is 0 Å². The molecule has 3 aliphatic rings. The molecule has 0 spiro atoms. The zero-order valence-corrected chi connectivity index (χ0v) is 16.2. The van der Waals surface area contributed by atoms with E-state index in [4.69, 9.17) is 9.47 Å². The summed E-state index contributed by atoms with van der Waals surface area (Å²) in [7, 11) is 1.82. The maximum Gasteiger partial charge on any atom is 0.272 e. The van der Waals surface area contributed by atoms with Crippen LogP contribution in [0, 0.1) is 0 Å². The second-order valence-electron chi connectivity index (χ2n) is 8.10. The van der Waals surface area contributed by atoms with Gasteiger partial charge >= 0.3 is 0 Å². The third-order valence-electron chi connectivity index (χ3n) is 6.42. The molecular formula is C21H25N3O4. The van der Waals surface area contributed by atoms with E-state index in [1.807, 2.05) is 43.1 Å². The SMILES string of the molecule is CCc1cc(C(=O)N2C3CCC2CC(O)(c2ccc4c(c2)OCO4)C3)n(C)n1. The summed E-state index contributed by atoms with van der Waals surface area (Å²) in [6.07, 6.45) is 3.71. The first-order valence-corrected chi connectivity index (χ1v) is 9.96.